The summed E-state index contributed by atoms with van der Waals surface area (Å²) in [4.78, 5) is 12.6. The molecule has 0 radical (unpaired) electrons. The highest BCUT2D eigenvalue weighted by Gasteiger charge is 2.17. The molecule has 104 valence electrons. The molecule has 0 aliphatic carbocycles. The minimum absolute atomic E-state index is 0.136. The van der Waals surface area contributed by atoms with E-state index in [2.05, 4.69) is 10.3 Å². The van der Waals surface area contributed by atoms with Crippen LogP contribution in [0, 0.1) is 6.92 Å². The summed E-state index contributed by atoms with van der Waals surface area (Å²) in [7, 11) is 0. The number of ketones is 1. The van der Waals surface area contributed by atoms with Gasteiger partial charge in [-0.2, -0.15) is 0 Å². The molecule has 0 saturated carbocycles. The molecule has 5 heteroatoms. The third-order valence-electron chi connectivity index (χ3n) is 3.20. The second kappa shape index (κ2) is 5.50. The van der Waals surface area contributed by atoms with Gasteiger partial charge in [0.15, 0.2) is 0 Å². The molecule has 0 atom stereocenters. The molecule has 0 aliphatic rings. The van der Waals surface area contributed by atoms with Crippen LogP contribution in [0.5, 0.6) is 0 Å². The first-order valence-corrected chi connectivity index (χ1v) is 6.81. The molecular formula is C16H12ClN3O. The number of nitrogens with zero attached hydrogens (tertiary/aromatic N) is 3. The SMILES string of the molecule is Cc1cc(C(=O)c2cnnn2-c2ccccc2)ccc1Cl. The molecule has 0 fully saturated rings. The lowest BCUT2D eigenvalue weighted by molar-refractivity contribution is 0.103. The van der Waals surface area contributed by atoms with Crippen LogP contribution >= 0.6 is 11.6 Å². The second-order valence-corrected chi connectivity index (χ2v) is 5.07. The van der Waals surface area contributed by atoms with Crippen LogP contribution in [0.15, 0.2) is 54.7 Å². The second-order valence-electron chi connectivity index (χ2n) is 4.66. The lowest BCUT2D eigenvalue weighted by Gasteiger charge is -2.06. The van der Waals surface area contributed by atoms with E-state index in [-0.39, 0.29) is 5.78 Å². The Balaban J connectivity index is 2.03. The zero-order valence-corrected chi connectivity index (χ0v) is 12.1. The van der Waals surface area contributed by atoms with Crippen molar-refractivity contribution in [2.45, 2.75) is 6.92 Å². The van der Waals surface area contributed by atoms with Gasteiger partial charge in [0.2, 0.25) is 5.78 Å². The number of benzene rings is 2. The van der Waals surface area contributed by atoms with Crippen molar-refractivity contribution in [3.63, 3.8) is 0 Å². The minimum atomic E-state index is -0.136. The Bertz CT molecular complexity index is 796. The molecule has 0 unspecified atom stereocenters. The quantitative estimate of drug-likeness (QED) is 0.696. The summed E-state index contributed by atoms with van der Waals surface area (Å²) in [6, 6.07) is 14.6. The number of rotatable bonds is 3. The number of hydrogen-bond acceptors (Lipinski definition) is 3. The third kappa shape index (κ3) is 2.58. The van der Waals surface area contributed by atoms with Crippen molar-refractivity contribution in [2.24, 2.45) is 0 Å². The molecule has 0 bridgehead atoms. The van der Waals surface area contributed by atoms with Crippen molar-refractivity contribution in [1.82, 2.24) is 15.0 Å². The topological polar surface area (TPSA) is 47.8 Å². The Hall–Kier alpha value is -2.46. The first kappa shape index (κ1) is 13.5. The summed E-state index contributed by atoms with van der Waals surface area (Å²) in [5.41, 5.74) is 2.64. The van der Waals surface area contributed by atoms with Crippen molar-refractivity contribution in [1.29, 1.82) is 0 Å². The monoisotopic (exact) mass is 297 g/mol. The smallest absolute Gasteiger partial charge is 0.213 e. The first-order valence-electron chi connectivity index (χ1n) is 6.44. The number of aryl methyl sites for hydroxylation is 1. The van der Waals surface area contributed by atoms with Gasteiger partial charge in [-0.05, 0) is 42.8 Å². The summed E-state index contributed by atoms with van der Waals surface area (Å²) in [5.74, 6) is -0.136. The highest BCUT2D eigenvalue weighted by atomic mass is 35.5. The first-order chi connectivity index (χ1) is 10.2. The van der Waals surface area contributed by atoms with Gasteiger partial charge in [0, 0.05) is 10.6 Å². The maximum atomic E-state index is 12.6. The van der Waals surface area contributed by atoms with Crippen molar-refractivity contribution >= 4 is 17.4 Å². The van der Waals surface area contributed by atoms with E-state index in [1.54, 1.807) is 18.2 Å². The predicted octanol–water partition coefficient (Wildman–Crippen LogP) is 3.46. The van der Waals surface area contributed by atoms with Gasteiger partial charge >= 0.3 is 0 Å². The van der Waals surface area contributed by atoms with Crippen molar-refractivity contribution in [3.05, 3.63) is 76.6 Å². The molecular weight excluding hydrogens is 286 g/mol. The maximum absolute atomic E-state index is 12.6. The normalized spacial score (nSPS) is 10.6. The van der Waals surface area contributed by atoms with Gasteiger partial charge in [0.1, 0.15) is 5.69 Å². The van der Waals surface area contributed by atoms with Gasteiger partial charge in [-0.3, -0.25) is 4.79 Å². The summed E-state index contributed by atoms with van der Waals surface area (Å²) < 4.78 is 1.53. The molecule has 3 rings (SSSR count). The molecule has 4 nitrogen and oxygen atoms in total. The Labute approximate surface area is 127 Å². The molecule has 0 aliphatic heterocycles. The summed E-state index contributed by atoms with van der Waals surface area (Å²) >= 11 is 6.00. The van der Waals surface area contributed by atoms with E-state index in [4.69, 9.17) is 11.6 Å². The molecule has 21 heavy (non-hydrogen) atoms. The largest absolute Gasteiger partial charge is 0.287 e. The van der Waals surface area contributed by atoms with Crippen molar-refractivity contribution < 1.29 is 4.79 Å². The van der Waals surface area contributed by atoms with Gasteiger partial charge < -0.3 is 0 Å². The van der Waals surface area contributed by atoms with Gasteiger partial charge in [-0.15, -0.1) is 5.10 Å². The Morgan fingerprint density at radius 1 is 1.14 bits per heavy atom. The average Bonchev–Trinajstić information content (AvgIpc) is 2.99. The van der Waals surface area contributed by atoms with E-state index >= 15 is 0 Å². The lowest BCUT2D eigenvalue weighted by Crippen LogP contribution is -2.10. The summed E-state index contributed by atoms with van der Waals surface area (Å²) in [6.45, 7) is 1.87. The highest BCUT2D eigenvalue weighted by molar-refractivity contribution is 6.31. The zero-order valence-electron chi connectivity index (χ0n) is 11.3. The fourth-order valence-corrected chi connectivity index (χ4v) is 2.20. The number of para-hydroxylation sites is 1. The molecule has 3 aromatic rings. The fourth-order valence-electron chi connectivity index (χ4n) is 2.08. The number of aromatic nitrogens is 3. The lowest BCUT2D eigenvalue weighted by atomic mass is 10.1. The number of carbonyl (C=O) groups excluding carboxylic acids is 1. The molecule has 0 spiro atoms. The van der Waals surface area contributed by atoms with E-state index < -0.39 is 0 Å². The average molecular weight is 298 g/mol. The standard InChI is InChI=1S/C16H12ClN3O/c1-11-9-12(7-8-14(11)17)16(21)15-10-18-19-20(15)13-5-3-2-4-6-13/h2-10H,1H3. The Kier molecular flexibility index (Phi) is 3.54. The van der Waals surface area contributed by atoms with Crippen molar-refractivity contribution in [2.75, 3.05) is 0 Å². The molecule has 0 saturated heterocycles. The molecule has 0 amide bonds. The van der Waals surface area contributed by atoms with E-state index in [1.807, 2.05) is 37.3 Å². The molecule has 1 aromatic heterocycles. The number of hydrogen-bond donors (Lipinski definition) is 0. The Morgan fingerprint density at radius 3 is 2.62 bits per heavy atom. The van der Waals surface area contributed by atoms with Crippen molar-refractivity contribution in [3.8, 4) is 5.69 Å². The van der Waals surface area contributed by atoms with Crippen LogP contribution in [-0.2, 0) is 0 Å². The summed E-state index contributed by atoms with van der Waals surface area (Å²) in [6.07, 6.45) is 1.47. The Morgan fingerprint density at radius 2 is 1.90 bits per heavy atom. The minimum Gasteiger partial charge on any atom is -0.287 e. The predicted molar refractivity (Wildman–Crippen MR) is 81.0 cm³/mol. The van der Waals surface area contributed by atoms with E-state index in [1.165, 1.54) is 10.9 Å². The van der Waals surface area contributed by atoms with Gasteiger partial charge in [0.05, 0.1) is 11.9 Å². The van der Waals surface area contributed by atoms with E-state index in [0.717, 1.165) is 11.3 Å². The van der Waals surface area contributed by atoms with Crippen LogP contribution in [0.4, 0.5) is 0 Å². The fraction of sp³-hybridized carbons (Fsp3) is 0.0625. The molecule has 1 heterocycles. The summed E-state index contributed by atoms with van der Waals surface area (Å²) in [5, 5.41) is 8.48. The van der Waals surface area contributed by atoms with Crippen LogP contribution in [0.3, 0.4) is 0 Å². The van der Waals surface area contributed by atoms with Gasteiger partial charge in [-0.1, -0.05) is 35.0 Å². The zero-order chi connectivity index (χ0) is 14.8. The van der Waals surface area contributed by atoms with E-state index in [9.17, 15) is 4.79 Å². The molecule has 2 aromatic carbocycles. The van der Waals surface area contributed by atoms with E-state index in [0.29, 0.717) is 16.3 Å². The highest BCUT2D eigenvalue weighted by Crippen LogP contribution is 2.19. The van der Waals surface area contributed by atoms with Crippen LogP contribution in [0.1, 0.15) is 21.6 Å². The van der Waals surface area contributed by atoms with Crippen LogP contribution in [0.25, 0.3) is 5.69 Å². The number of carbonyl (C=O) groups is 1. The van der Waals surface area contributed by atoms with Crippen LogP contribution in [0.2, 0.25) is 5.02 Å². The third-order valence-corrected chi connectivity index (χ3v) is 3.63. The maximum Gasteiger partial charge on any atom is 0.213 e. The van der Waals surface area contributed by atoms with Crippen LogP contribution in [-0.4, -0.2) is 20.8 Å². The van der Waals surface area contributed by atoms with Gasteiger partial charge in [0.25, 0.3) is 0 Å². The number of halogens is 1. The van der Waals surface area contributed by atoms with Crippen LogP contribution < -0.4 is 0 Å². The molecule has 0 N–H and O–H groups in total. The van der Waals surface area contributed by atoms with Gasteiger partial charge in [-0.25, -0.2) is 4.68 Å².